The van der Waals surface area contributed by atoms with Crippen LogP contribution in [0.3, 0.4) is 0 Å². The summed E-state index contributed by atoms with van der Waals surface area (Å²) in [5.41, 5.74) is -0.541. The molecule has 1 aliphatic heterocycles. The van der Waals surface area contributed by atoms with Crippen molar-refractivity contribution in [2.75, 3.05) is 19.6 Å². The summed E-state index contributed by atoms with van der Waals surface area (Å²) < 4.78 is 0. The molecule has 2 atom stereocenters. The summed E-state index contributed by atoms with van der Waals surface area (Å²) in [6.45, 7) is 11.5. The average Bonchev–Trinajstić information content (AvgIpc) is 1.94. The van der Waals surface area contributed by atoms with Gasteiger partial charge in [-0.1, -0.05) is 13.8 Å². The molecule has 0 aromatic carbocycles. The molecule has 2 unspecified atom stereocenters. The molecule has 0 aromatic heterocycles. The third-order valence-electron chi connectivity index (χ3n) is 3.03. The Morgan fingerprint density at radius 2 is 1.92 bits per heavy atom. The number of nitrogens with zero attached hydrogens (tertiary/aromatic N) is 1. The number of β-amino-alcohol motifs (C(OH)–C–C–N with tert-alkyl or cyclic N) is 1. The fourth-order valence-electron chi connectivity index (χ4n) is 2.04. The second-order valence-corrected chi connectivity index (χ2v) is 5.29. The van der Waals surface area contributed by atoms with E-state index in [0.717, 1.165) is 31.5 Å². The van der Waals surface area contributed by atoms with E-state index < -0.39 is 5.60 Å². The van der Waals surface area contributed by atoms with Crippen molar-refractivity contribution in [2.45, 2.75) is 39.7 Å². The van der Waals surface area contributed by atoms with E-state index in [-0.39, 0.29) is 0 Å². The molecule has 0 bridgehead atoms. The summed E-state index contributed by atoms with van der Waals surface area (Å²) in [7, 11) is 0. The van der Waals surface area contributed by atoms with Crippen LogP contribution in [0.15, 0.2) is 0 Å². The van der Waals surface area contributed by atoms with Crippen LogP contribution in [0.4, 0.5) is 0 Å². The van der Waals surface area contributed by atoms with E-state index in [1.807, 2.05) is 13.8 Å². The normalized spacial score (nSPS) is 32.1. The summed E-state index contributed by atoms with van der Waals surface area (Å²) >= 11 is 0. The largest absolute Gasteiger partial charge is 0.389 e. The molecule has 1 fully saturated rings. The van der Waals surface area contributed by atoms with Gasteiger partial charge in [0.1, 0.15) is 0 Å². The van der Waals surface area contributed by atoms with Crippen molar-refractivity contribution < 1.29 is 5.11 Å². The Hall–Kier alpha value is -0.0800. The van der Waals surface area contributed by atoms with E-state index >= 15 is 0 Å². The Labute approximate surface area is 81.9 Å². The van der Waals surface area contributed by atoms with Gasteiger partial charge in [0.25, 0.3) is 0 Å². The molecule has 78 valence electrons. The van der Waals surface area contributed by atoms with Crippen LogP contribution >= 0.6 is 0 Å². The molecule has 0 radical (unpaired) electrons. The zero-order chi connectivity index (χ0) is 10.1. The summed E-state index contributed by atoms with van der Waals surface area (Å²) in [4.78, 5) is 2.38. The highest BCUT2D eigenvalue weighted by Gasteiger charge is 2.26. The predicted molar refractivity (Wildman–Crippen MR) is 55.7 cm³/mol. The monoisotopic (exact) mass is 185 g/mol. The first-order valence-electron chi connectivity index (χ1n) is 5.33. The van der Waals surface area contributed by atoms with Gasteiger partial charge in [0.05, 0.1) is 5.60 Å². The van der Waals surface area contributed by atoms with Gasteiger partial charge in [-0.3, -0.25) is 0 Å². The lowest BCUT2D eigenvalue weighted by molar-refractivity contribution is 0.0149. The van der Waals surface area contributed by atoms with Crippen LogP contribution in [0.2, 0.25) is 0 Å². The van der Waals surface area contributed by atoms with E-state index in [1.165, 1.54) is 6.42 Å². The van der Waals surface area contributed by atoms with Crippen LogP contribution in [0, 0.1) is 11.8 Å². The molecular formula is C11H23NO. The highest BCUT2D eigenvalue weighted by molar-refractivity contribution is 4.79. The van der Waals surface area contributed by atoms with E-state index in [4.69, 9.17) is 0 Å². The van der Waals surface area contributed by atoms with E-state index in [1.54, 1.807) is 0 Å². The fraction of sp³-hybridized carbons (Fsp3) is 1.00. The predicted octanol–water partition coefficient (Wildman–Crippen LogP) is 1.74. The fourth-order valence-corrected chi connectivity index (χ4v) is 2.04. The molecule has 0 amide bonds. The van der Waals surface area contributed by atoms with Crippen molar-refractivity contribution in [1.82, 2.24) is 4.90 Å². The molecule has 0 aliphatic carbocycles. The summed E-state index contributed by atoms with van der Waals surface area (Å²) in [5.74, 6) is 1.62. The molecule has 0 spiro atoms. The molecule has 1 N–H and O–H groups in total. The van der Waals surface area contributed by atoms with Crippen molar-refractivity contribution in [3.63, 3.8) is 0 Å². The lowest BCUT2D eigenvalue weighted by Crippen LogP contribution is -2.45. The zero-order valence-electron chi connectivity index (χ0n) is 9.38. The third-order valence-corrected chi connectivity index (χ3v) is 3.03. The second kappa shape index (κ2) is 3.97. The molecule has 1 saturated heterocycles. The molecule has 2 nitrogen and oxygen atoms in total. The molecule has 1 aliphatic rings. The summed E-state index contributed by atoms with van der Waals surface area (Å²) in [6.07, 6.45) is 1.28. The standard InChI is InChI=1S/C11H23NO/c1-9-5-6-12(7-10(9)2)8-11(3,4)13/h9-10,13H,5-8H2,1-4H3. The van der Waals surface area contributed by atoms with E-state index in [0.29, 0.717) is 0 Å². The Morgan fingerprint density at radius 1 is 1.31 bits per heavy atom. The number of hydrogen-bond donors (Lipinski definition) is 1. The molecule has 1 heterocycles. The van der Waals surface area contributed by atoms with Gasteiger partial charge < -0.3 is 10.0 Å². The van der Waals surface area contributed by atoms with Crippen LogP contribution in [-0.2, 0) is 0 Å². The highest BCUT2D eigenvalue weighted by atomic mass is 16.3. The van der Waals surface area contributed by atoms with E-state index in [9.17, 15) is 5.11 Å². The Bertz CT molecular complexity index is 162. The van der Waals surface area contributed by atoms with Crippen molar-refractivity contribution >= 4 is 0 Å². The summed E-state index contributed by atoms with van der Waals surface area (Å²) in [5, 5.41) is 9.68. The van der Waals surface area contributed by atoms with Gasteiger partial charge in [-0.2, -0.15) is 0 Å². The Kier molecular flexibility index (Phi) is 3.36. The minimum absolute atomic E-state index is 0.541. The average molecular weight is 185 g/mol. The molecule has 0 saturated carbocycles. The smallest absolute Gasteiger partial charge is 0.0718 e. The first kappa shape index (κ1) is 11.0. The molecule has 0 aromatic rings. The topological polar surface area (TPSA) is 23.5 Å². The Morgan fingerprint density at radius 3 is 2.38 bits per heavy atom. The van der Waals surface area contributed by atoms with Crippen molar-refractivity contribution in [2.24, 2.45) is 11.8 Å². The van der Waals surface area contributed by atoms with Crippen molar-refractivity contribution in [3.8, 4) is 0 Å². The minimum Gasteiger partial charge on any atom is -0.389 e. The number of rotatable bonds is 2. The van der Waals surface area contributed by atoms with Crippen molar-refractivity contribution in [1.29, 1.82) is 0 Å². The number of aliphatic hydroxyl groups is 1. The quantitative estimate of drug-likeness (QED) is 0.708. The van der Waals surface area contributed by atoms with Gasteiger partial charge in [0, 0.05) is 13.1 Å². The summed E-state index contributed by atoms with van der Waals surface area (Å²) in [6, 6.07) is 0. The van der Waals surface area contributed by atoms with Crippen LogP contribution in [0.25, 0.3) is 0 Å². The highest BCUT2D eigenvalue weighted by Crippen LogP contribution is 2.23. The van der Waals surface area contributed by atoms with Gasteiger partial charge in [0.2, 0.25) is 0 Å². The third kappa shape index (κ3) is 3.65. The maximum atomic E-state index is 9.68. The van der Waals surface area contributed by atoms with Gasteiger partial charge in [-0.15, -0.1) is 0 Å². The maximum absolute atomic E-state index is 9.68. The SMILES string of the molecule is CC1CCN(CC(C)(C)O)CC1C. The lowest BCUT2D eigenvalue weighted by Gasteiger charge is -2.38. The minimum atomic E-state index is -0.541. The molecular weight excluding hydrogens is 162 g/mol. The second-order valence-electron chi connectivity index (χ2n) is 5.29. The van der Waals surface area contributed by atoms with Gasteiger partial charge in [0.15, 0.2) is 0 Å². The van der Waals surface area contributed by atoms with Crippen LogP contribution < -0.4 is 0 Å². The number of piperidine rings is 1. The van der Waals surface area contributed by atoms with Crippen LogP contribution in [0.1, 0.15) is 34.1 Å². The van der Waals surface area contributed by atoms with Crippen LogP contribution in [-0.4, -0.2) is 35.2 Å². The maximum Gasteiger partial charge on any atom is 0.0718 e. The van der Waals surface area contributed by atoms with Gasteiger partial charge >= 0.3 is 0 Å². The first-order valence-corrected chi connectivity index (χ1v) is 5.33. The van der Waals surface area contributed by atoms with Gasteiger partial charge in [-0.25, -0.2) is 0 Å². The van der Waals surface area contributed by atoms with Crippen LogP contribution in [0.5, 0.6) is 0 Å². The first-order chi connectivity index (χ1) is 5.88. The van der Waals surface area contributed by atoms with E-state index in [2.05, 4.69) is 18.7 Å². The van der Waals surface area contributed by atoms with Crippen molar-refractivity contribution in [3.05, 3.63) is 0 Å². The molecule has 1 rings (SSSR count). The molecule has 2 heteroatoms. The lowest BCUT2D eigenvalue weighted by atomic mass is 9.88. The van der Waals surface area contributed by atoms with Gasteiger partial charge in [-0.05, 0) is 38.6 Å². The number of likely N-dealkylation sites (tertiary alicyclic amines) is 1. The Balaban J connectivity index is 2.38. The number of hydrogen-bond acceptors (Lipinski definition) is 2. The zero-order valence-corrected chi connectivity index (χ0v) is 9.38. The molecule has 13 heavy (non-hydrogen) atoms.